The van der Waals surface area contributed by atoms with E-state index in [2.05, 4.69) is 26.2 Å². The minimum Gasteiger partial charge on any atom is -0.444 e. The molecule has 2 aromatic heterocycles. The Morgan fingerprint density at radius 1 is 1.04 bits per heavy atom. The summed E-state index contributed by atoms with van der Waals surface area (Å²) >= 11 is 3.19. The standard InChI is InChI=1S/C20H15BrN2O3/c1-11-3-6-16-15(9-11)23-20(26-16)13-4-5-14(12(2)10-13)22-19(24)17-7-8-18(21)25-17/h3-10H,1-2H3,(H,22,24). The number of oxazole rings is 1. The first-order valence-electron chi connectivity index (χ1n) is 8.04. The highest BCUT2D eigenvalue weighted by atomic mass is 79.9. The number of fused-ring (bicyclic) bond motifs is 1. The number of aryl methyl sites for hydroxylation is 2. The maximum Gasteiger partial charge on any atom is 0.291 e. The van der Waals surface area contributed by atoms with Crippen LogP contribution in [0.2, 0.25) is 0 Å². The molecule has 1 amide bonds. The highest BCUT2D eigenvalue weighted by Gasteiger charge is 2.14. The molecule has 2 aromatic carbocycles. The fourth-order valence-corrected chi connectivity index (χ4v) is 3.02. The molecule has 0 aliphatic rings. The third kappa shape index (κ3) is 3.15. The van der Waals surface area contributed by atoms with Crippen LogP contribution in [0.5, 0.6) is 0 Å². The zero-order valence-electron chi connectivity index (χ0n) is 14.2. The predicted molar refractivity (Wildman–Crippen MR) is 103 cm³/mol. The molecule has 0 spiro atoms. The topological polar surface area (TPSA) is 68.3 Å². The van der Waals surface area contributed by atoms with Gasteiger partial charge in [0, 0.05) is 11.3 Å². The number of aromatic nitrogens is 1. The monoisotopic (exact) mass is 410 g/mol. The SMILES string of the molecule is Cc1ccc2oc(-c3ccc(NC(=O)c4ccc(Br)o4)c(C)c3)nc2c1. The molecule has 0 unspecified atom stereocenters. The van der Waals surface area contributed by atoms with Crippen molar-refractivity contribution in [1.29, 1.82) is 0 Å². The first-order chi connectivity index (χ1) is 12.5. The molecule has 0 saturated heterocycles. The summed E-state index contributed by atoms with van der Waals surface area (Å²) in [5.74, 6) is 0.500. The lowest BCUT2D eigenvalue weighted by Crippen LogP contribution is -2.11. The van der Waals surface area contributed by atoms with Gasteiger partial charge in [0.2, 0.25) is 5.89 Å². The summed E-state index contributed by atoms with van der Waals surface area (Å²) in [6.07, 6.45) is 0. The molecule has 0 radical (unpaired) electrons. The molecular formula is C20H15BrN2O3. The highest BCUT2D eigenvalue weighted by Crippen LogP contribution is 2.28. The van der Waals surface area contributed by atoms with Crippen LogP contribution in [0.15, 0.2) is 62.0 Å². The van der Waals surface area contributed by atoms with Crippen LogP contribution in [0, 0.1) is 13.8 Å². The summed E-state index contributed by atoms with van der Waals surface area (Å²) in [5.41, 5.74) is 5.19. The Balaban J connectivity index is 1.61. The second-order valence-electron chi connectivity index (χ2n) is 6.08. The number of nitrogens with one attached hydrogen (secondary N) is 1. The molecule has 130 valence electrons. The normalized spacial score (nSPS) is 11.0. The predicted octanol–water partition coefficient (Wildman–Crippen LogP) is 5.72. The number of furan rings is 1. The number of amides is 1. The molecule has 5 nitrogen and oxygen atoms in total. The summed E-state index contributed by atoms with van der Waals surface area (Å²) < 4.78 is 11.6. The van der Waals surface area contributed by atoms with Gasteiger partial charge in [-0.2, -0.15) is 0 Å². The van der Waals surface area contributed by atoms with E-state index in [1.54, 1.807) is 12.1 Å². The lowest BCUT2D eigenvalue weighted by molar-refractivity contribution is 0.0995. The summed E-state index contributed by atoms with van der Waals surface area (Å²) in [6.45, 7) is 3.94. The summed E-state index contributed by atoms with van der Waals surface area (Å²) in [4.78, 5) is 16.8. The largest absolute Gasteiger partial charge is 0.444 e. The van der Waals surface area contributed by atoms with Gasteiger partial charge in [0.05, 0.1) is 0 Å². The molecular weight excluding hydrogens is 396 g/mol. The van der Waals surface area contributed by atoms with Gasteiger partial charge in [-0.25, -0.2) is 4.98 Å². The molecule has 0 aliphatic carbocycles. The van der Waals surface area contributed by atoms with Gasteiger partial charge in [0.25, 0.3) is 5.91 Å². The maximum atomic E-state index is 12.2. The van der Waals surface area contributed by atoms with Crippen LogP contribution in [-0.4, -0.2) is 10.9 Å². The van der Waals surface area contributed by atoms with Gasteiger partial charge in [-0.15, -0.1) is 0 Å². The number of rotatable bonds is 3. The van der Waals surface area contributed by atoms with E-state index in [1.807, 2.05) is 50.2 Å². The smallest absolute Gasteiger partial charge is 0.291 e. The molecule has 0 fully saturated rings. The van der Waals surface area contributed by atoms with Gasteiger partial charge in [-0.3, -0.25) is 4.79 Å². The Labute approximate surface area is 158 Å². The minimum atomic E-state index is -0.302. The van der Waals surface area contributed by atoms with Crippen LogP contribution in [0.25, 0.3) is 22.6 Å². The Morgan fingerprint density at radius 3 is 2.62 bits per heavy atom. The first kappa shape index (κ1) is 16.6. The van der Waals surface area contributed by atoms with E-state index >= 15 is 0 Å². The van der Waals surface area contributed by atoms with Crippen molar-refractivity contribution in [3.8, 4) is 11.5 Å². The maximum absolute atomic E-state index is 12.2. The van der Waals surface area contributed by atoms with Crippen molar-refractivity contribution in [3.05, 3.63) is 70.1 Å². The number of hydrogen-bond donors (Lipinski definition) is 1. The number of nitrogens with zero attached hydrogens (tertiary/aromatic N) is 1. The minimum absolute atomic E-state index is 0.245. The van der Waals surface area contributed by atoms with Crippen molar-refractivity contribution in [2.75, 3.05) is 5.32 Å². The highest BCUT2D eigenvalue weighted by molar-refractivity contribution is 9.10. The molecule has 0 bridgehead atoms. The summed E-state index contributed by atoms with van der Waals surface area (Å²) in [6, 6.07) is 14.8. The van der Waals surface area contributed by atoms with Crippen molar-refractivity contribution in [2.24, 2.45) is 0 Å². The average Bonchev–Trinajstić information content (AvgIpc) is 3.22. The van der Waals surface area contributed by atoms with Crippen molar-refractivity contribution in [2.45, 2.75) is 13.8 Å². The van der Waals surface area contributed by atoms with E-state index in [4.69, 9.17) is 8.83 Å². The summed E-state index contributed by atoms with van der Waals surface area (Å²) in [7, 11) is 0. The van der Waals surface area contributed by atoms with Gasteiger partial charge >= 0.3 is 0 Å². The average molecular weight is 411 g/mol. The van der Waals surface area contributed by atoms with E-state index in [0.717, 1.165) is 27.8 Å². The van der Waals surface area contributed by atoms with Crippen LogP contribution in [0.4, 0.5) is 5.69 Å². The Hall–Kier alpha value is -2.86. The number of hydrogen-bond acceptors (Lipinski definition) is 4. The third-order valence-corrected chi connectivity index (χ3v) is 4.49. The van der Waals surface area contributed by atoms with Gasteiger partial charge in [0.15, 0.2) is 16.0 Å². The van der Waals surface area contributed by atoms with Crippen molar-refractivity contribution in [3.63, 3.8) is 0 Å². The van der Waals surface area contributed by atoms with Crippen LogP contribution in [0.3, 0.4) is 0 Å². The second kappa shape index (κ2) is 6.46. The van der Waals surface area contributed by atoms with E-state index in [9.17, 15) is 4.79 Å². The van der Waals surface area contributed by atoms with Crippen molar-refractivity contribution < 1.29 is 13.6 Å². The van der Waals surface area contributed by atoms with Crippen molar-refractivity contribution in [1.82, 2.24) is 4.98 Å². The quantitative estimate of drug-likeness (QED) is 0.468. The molecule has 0 aliphatic heterocycles. The number of benzene rings is 2. The van der Waals surface area contributed by atoms with Crippen molar-refractivity contribution >= 4 is 38.6 Å². The number of carbonyl (C=O) groups excluding carboxylic acids is 1. The van der Waals surface area contributed by atoms with Gasteiger partial charge in [-0.1, -0.05) is 6.07 Å². The Bertz CT molecular complexity index is 1130. The molecule has 4 aromatic rings. The van der Waals surface area contributed by atoms with Gasteiger partial charge < -0.3 is 14.2 Å². The zero-order valence-corrected chi connectivity index (χ0v) is 15.8. The molecule has 4 rings (SSSR count). The van der Waals surface area contributed by atoms with E-state index in [1.165, 1.54) is 0 Å². The van der Waals surface area contributed by atoms with Gasteiger partial charge in [-0.05, 0) is 83.4 Å². The van der Waals surface area contributed by atoms with E-state index in [0.29, 0.717) is 16.2 Å². The number of carbonyl (C=O) groups is 1. The van der Waals surface area contributed by atoms with Gasteiger partial charge in [0.1, 0.15) is 5.52 Å². The van der Waals surface area contributed by atoms with Crippen LogP contribution < -0.4 is 5.32 Å². The third-order valence-electron chi connectivity index (χ3n) is 4.06. The van der Waals surface area contributed by atoms with Crippen LogP contribution in [-0.2, 0) is 0 Å². The fraction of sp³-hybridized carbons (Fsp3) is 0.100. The molecule has 0 atom stereocenters. The van der Waals surface area contributed by atoms with E-state index in [-0.39, 0.29) is 11.7 Å². The molecule has 1 N–H and O–H groups in total. The number of anilines is 1. The zero-order chi connectivity index (χ0) is 18.3. The Kier molecular flexibility index (Phi) is 4.12. The molecule has 26 heavy (non-hydrogen) atoms. The molecule has 6 heteroatoms. The number of halogens is 1. The lowest BCUT2D eigenvalue weighted by atomic mass is 10.1. The van der Waals surface area contributed by atoms with Crippen LogP contribution >= 0.6 is 15.9 Å². The second-order valence-corrected chi connectivity index (χ2v) is 6.86. The summed E-state index contributed by atoms with van der Waals surface area (Å²) in [5, 5.41) is 2.85. The first-order valence-corrected chi connectivity index (χ1v) is 8.84. The Morgan fingerprint density at radius 2 is 1.88 bits per heavy atom. The molecule has 2 heterocycles. The lowest BCUT2D eigenvalue weighted by Gasteiger charge is -2.08. The van der Waals surface area contributed by atoms with E-state index < -0.39 is 0 Å². The van der Waals surface area contributed by atoms with Crippen LogP contribution in [0.1, 0.15) is 21.7 Å². The molecule has 0 saturated carbocycles. The fourth-order valence-electron chi connectivity index (χ4n) is 2.72.